The first kappa shape index (κ1) is 17.4. The molecule has 114 valence electrons. The van der Waals surface area contributed by atoms with Crippen molar-refractivity contribution in [3.8, 4) is 0 Å². The van der Waals surface area contributed by atoms with Crippen LogP contribution in [0.4, 0.5) is 4.39 Å². The minimum Gasteiger partial charge on any atom is -0.383 e. The number of hydrogen-bond donors (Lipinski definition) is 1. The second-order valence-corrected chi connectivity index (χ2v) is 6.00. The van der Waals surface area contributed by atoms with E-state index in [-0.39, 0.29) is 5.82 Å². The molecule has 1 aromatic rings. The maximum absolute atomic E-state index is 13.9. The van der Waals surface area contributed by atoms with Crippen molar-refractivity contribution in [2.45, 2.75) is 26.7 Å². The van der Waals surface area contributed by atoms with Crippen LogP contribution in [-0.4, -0.2) is 26.8 Å². The molecule has 0 aliphatic rings. The Bertz CT molecular complexity index is 378. The number of methoxy groups -OCH3 is 1. The highest BCUT2D eigenvalue weighted by atomic mass is 35.5. The highest BCUT2D eigenvalue weighted by Gasteiger charge is 2.16. The lowest BCUT2D eigenvalue weighted by atomic mass is 9.90. The van der Waals surface area contributed by atoms with Crippen molar-refractivity contribution in [1.29, 1.82) is 0 Å². The molecule has 1 rings (SSSR count). The average Bonchev–Trinajstić information content (AvgIpc) is 2.38. The molecular weight excluding hydrogens is 277 g/mol. The Hall–Kier alpha value is -0.640. The van der Waals surface area contributed by atoms with Crippen LogP contribution in [0, 0.1) is 17.7 Å². The molecule has 1 unspecified atom stereocenters. The van der Waals surface area contributed by atoms with E-state index in [0.29, 0.717) is 35.4 Å². The summed E-state index contributed by atoms with van der Waals surface area (Å²) in [4.78, 5) is 0. The van der Waals surface area contributed by atoms with E-state index < -0.39 is 0 Å². The van der Waals surface area contributed by atoms with Crippen molar-refractivity contribution in [2.75, 3.05) is 26.8 Å². The standard InChI is InChI=1S/C16H25ClFNO/c1-12(2)9-13(11-19-7-8-20-3)10-14-15(17)5-4-6-16(14)18/h4-6,12-13,19H,7-11H2,1-3H3. The molecule has 20 heavy (non-hydrogen) atoms. The van der Waals surface area contributed by atoms with Crippen molar-refractivity contribution < 1.29 is 9.13 Å². The zero-order valence-electron chi connectivity index (χ0n) is 12.6. The highest BCUT2D eigenvalue weighted by Crippen LogP contribution is 2.24. The Morgan fingerprint density at radius 3 is 2.70 bits per heavy atom. The van der Waals surface area contributed by atoms with Gasteiger partial charge in [-0.1, -0.05) is 31.5 Å². The summed E-state index contributed by atoms with van der Waals surface area (Å²) >= 11 is 6.11. The summed E-state index contributed by atoms with van der Waals surface area (Å²) < 4.78 is 18.9. The molecule has 0 aromatic heterocycles. The maximum Gasteiger partial charge on any atom is 0.127 e. The molecule has 0 amide bonds. The second-order valence-electron chi connectivity index (χ2n) is 5.60. The molecule has 2 nitrogen and oxygen atoms in total. The number of nitrogens with one attached hydrogen (secondary N) is 1. The summed E-state index contributed by atoms with van der Waals surface area (Å²) in [7, 11) is 1.69. The quantitative estimate of drug-likeness (QED) is 0.698. The van der Waals surface area contributed by atoms with Gasteiger partial charge < -0.3 is 10.1 Å². The first-order valence-corrected chi connectivity index (χ1v) is 7.55. The third-order valence-corrected chi connectivity index (χ3v) is 3.63. The molecule has 0 aliphatic carbocycles. The van der Waals surface area contributed by atoms with Crippen molar-refractivity contribution in [3.05, 3.63) is 34.6 Å². The van der Waals surface area contributed by atoms with Gasteiger partial charge in [-0.15, -0.1) is 0 Å². The molecule has 0 saturated carbocycles. The van der Waals surface area contributed by atoms with Gasteiger partial charge in [0.1, 0.15) is 5.82 Å². The average molecular weight is 302 g/mol. The SMILES string of the molecule is COCCNCC(Cc1c(F)cccc1Cl)CC(C)C. The predicted molar refractivity (Wildman–Crippen MR) is 82.8 cm³/mol. The molecule has 0 heterocycles. The van der Waals surface area contributed by atoms with Gasteiger partial charge >= 0.3 is 0 Å². The fraction of sp³-hybridized carbons (Fsp3) is 0.625. The Balaban J connectivity index is 2.63. The Kier molecular flexibility index (Phi) is 8.12. The molecule has 0 radical (unpaired) electrons. The van der Waals surface area contributed by atoms with Gasteiger partial charge in [0.25, 0.3) is 0 Å². The normalized spacial score (nSPS) is 12.9. The van der Waals surface area contributed by atoms with E-state index in [9.17, 15) is 4.39 Å². The van der Waals surface area contributed by atoms with Crippen LogP contribution >= 0.6 is 11.6 Å². The third-order valence-electron chi connectivity index (χ3n) is 3.28. The van der Waals surface area contributed by atoms with Crippen LogP contribution in [0.25, 0.3) is 0 Å². The fourth-order valence-electron chi connectivity index (χ4n) is 2.40. The van der Waals surface area contributed by atoms with E-state index in [0.717, 1.165) is 19.5 Å². The molecule has 1 aromatic carbocycles. The molecule has 0 bridgehead atoms. The lowest BCUT2D eigenvalue weighted by molar-refractivity contribution is 0.197. The van der Waals surface area contributed by atoms with Crippen molar-refractivity contribution in [2.24, 2.45) is 11.8 Å². The Labute approximate surface area is 126 Å². The van der Waals surface area contributed by atoms with E-state index in [1.165, 1.54) is 6.07 Å². The van der Waals surface area contributed by atoms with Gasteiger partial charge in [0, 0.05) is 24.2 Å². The summed E-state index contributed by atoms with van der Waals surface area (Å²) in [6.07, 6.45) is 1.72. The summed E-state index contributed by atoms with van der Waals surface area (Å²) in [5.41, 5.74) is 0.633. The zero-order chi connectivity index (χ0) is 15.0. The van der Waals surface area contributed by atoms with Gasteiger partial charge in [0.05, 0.1) is 6.61 Å². The van der Waals surface area contributed by atoms with E-state index in [2.05, 4.69) is 19.2 Å². The second kappa shape index (κ2) is 9.32. The third kappa shape index (κ3) is 6.21. The van der Waals surface area contributed by atoms with Crippen LogP contribution in [0.1, 0.15) is 25.8 Å². The monoisotopic (exact) mass is 301 g/mol. The van der Waals surface area contributed by atoms with E-state index in [1.54, 1.807) is 19.2 Å². The Morgan fingerprint density at radius 2 is 2.10 bits per heavy atom. The zero-order valence-corrected chi connectivity index (χ0v) is 13.3. The smallest absolute Gasteiger partial charge is 0.127 e. The number of halogens is 2. The summed E-state index contributed by atoms with van der Waals surface area (Å²) in [5.74, 6) is 0.749. The van der Waals surface area contributed by atoms with E-state index in [4.69, 9.17) is 16.3 Å². The summed E-state index contributed by atoms with van der Waals surface area (Å²) in [6, 6.07) is 4.88. The predicted octanol–water partition coefficient (Wildman–Crippen LogP) is 3.92. The van der Waals surface area contributed by atoms with Gasteiger partial charge in [0.2, 0.25) is 0 Å². The largest absolute Gasteiger partial charge is 0.383 e. The van der Waals surface area contributed by atoms with Crippen LogP contribution < -0.4 is 5.32 Å². The van der Waals surface area contributed by atoms with Gasteiger partial charge in [-0.2, -0.15) is 0 Å². The lowest BCUT2D eigenvalue weighted by Gasteiger charge is -2.20. The van der Waals surface area contributed by atoms with E-state index in [1.807, 2.05) is 0 Å². The highest BCUT2D eigenvalue weighted by molar-refractivity contribution is 6.31. The van der Waals surface area contributed by atoms with Crippen LogP contribution in [-0.2, 0) is 11.2 Å². The lowest BCUT2D eigenvalue weighted by Crippen LogP contribution is -2.28. The first-order valence-electron chi connectivity index (χ1n) is 7.17. The fourth-order valence-corrected chi connectivity index (χ4v) is 2.64. The number of hydrogen-bond acceptors (Lipinski definition) is 2. The first-order chi connectivity index (χ1) is 9.54. The Morgan fingerprint density at radius 1 is 1.35 bits per heavy atom. The van der Waals surface area contributed by atoms with Crippen LogP contribution in [0.2, 0.25) is 5.02 Å². The molecule has 4 heteroatoms. The molecule has 1 atom stereocenters. The van der Waals surface area contributed by atoms with Gasteiger partial charge in [-0.05, 0) is 43.4 Å². The van der Waals surface area contributed by atoms with Gasteiger partial charge in [-0.3, -0.25) is 0 Å². The molecule has 1 N–H and O–H groups in total. The van der Waals surface area contributed by atoms with Gasteiger partial charge in [-0.25, -0.2) is 4.39 Å². The van der Waals surface area contributed by atoms with Crippen LogP contribution in [0.3, 0.4) is 0 Å². The molecule has 0 fully saturated rings. The number of benzene rings is 1. The topological polar surface area (TPSA) is 21.3 Å². The van der Waals surface area contributed by atoms with Crippen molar-refractivity contribution in [1.82, 2.24) is 5.32 Å². The van der Waals surface area contributed by atoms with E-state index >= 15 is 0 Å². The van der Waals surface area contributed by atoms with Crippen LogP contribution in [0.5, 0.6) is 0 Å². The maximum atomic E-state index is 13.9. The minimum absolute atomic E-state index is 0.205. The number of ether oxygens (including phenoxy) is 1. The number of rotatable bonds is 9. The van der Waals surface area contributed by atoms with Crippen molar-refractivity contribution >= 4 is 11.6 Å². The van der Waals surface area contributed by atoms with Gasteiger partial charge in [0.15, 0.2) is 0 Å². The molecule has 0 spiro atoms. The van der Waals surface area contributed by atoms with Crippen LogP contribution in [0.15, 0.2) is 18.2 Å². The summed E-state index contributed by atoms with van der Waals surface area (Å²) in [6.45, 7) is 6.73. The molecule has 0 saturated heterocycles. The molecular formula is C16H25ClFNO. The minimum atomic E-state index is -0.205. The summed E-state index contributed by atoms with van der Waals surface area (Å²) in [5, 5.41) is 3.88. The van der Waals surface area contributed by atoms with Crippen molar-refractivity contribution in [3.63, 3.8) is 0 Å². The molecule has 0 aliphatic heterocycles.